The first-order valence-corrected chi connectivity index (χ1v) is 5.79. The Morgan fingerprint density at radius 2 is 2.19 bits per heavy atom. The molecule has 0 saturated heterocycles. The van der Waals surface area contributed by atoms with Gasteiger partial charge in [-0.05, 0) is 50.4 Å². The molecule has 3 heteroatoms. The van der Waals surface area contributed by atoms with Crippen molar-refractivity contribution in [2.45, 2.75) is 25.8 Å². The molecule has 1 aromatic rings. The molecule has 88 valence electrons. The van der Waals surface area contributed by atoms with Gasteiger partial charge in [-0.2, -0.15) is 0 Å². The fourth-order valence-electron chi connectivity index (χ4n) is 1.58. The number of halogens is 1. The van der Waals surface area contributed by atoms with Crippen LogP contribution in [0.1, 0.15) is 31.4 Å². The van der Waals surface area contributed by atoms with Crippen LogP contribution in [0.4, 0.5) is 4.39 Å². The number of benzene rings is 1. The Labute approximate surface area is 95.8 Å². The second-order valence-electron chi connectivity index (χ2n) is 4.49. The zero-order chi connectivity index (χ0) is 11.5. The first-order chi connectivity index (χ1) is 7.69. The zero-order valence-corrected chi connectivity index (χ0v) is 9.79. The highest BCUT2D eigenvalue weighted by atomic mass is 19.1. The fourth-order valence-corrected chi connectivity index (χ4v) is 1.58. The molecule has 0 aromatic heterocycles. The minimum atomic E-state index is -0.231. The fraction of sp³-hybridized carbons (Fsp3) is 0.538. The van der Waals surface area contributed by atoms with Crippen LogP contribution in [0.15, 0.2) is 18.2 Å². The molecule has 2 rings (SSSR count). The topological polar surface area (TPSA) is 21.3 Å². The molecule has 16 heavy (non-hydrogen) atoms. The third-order valence-corrected chi connectivity index (χ3v) is 3.01. The van der Waals surface area contributed by atoms with E-state index in [2.05, 4.69) is 5.32 Å². The van der Waals surface area contributed by atoms with Crippen molar-refractivity contribution in [3.63, 3.8) is 0 Å². The van der Waals surface area contributed by atoms with Crippen LogP contribution in [0.25, 0.3) is 0 Å². The zero-order valence-electron chi connectivity index (χ0n) is 9.79. The molecule has 1 aliphatic rings. The lowest BCUT2D eigenvalue weighted by molar-refractivity contribution is 0.297. The van der Waals surface area contributed by atoms with Crippen LogP contribution < -0.4 is 10.1 Å². The molecule has 1 aliphatic carbocycles. The van der Waals surface area contributed by atoms with E-state index in [9.17, 15) is 4.39 Å². The highest BCUT2D eigenvalue weighted by Gasteiger charge is 2.22. The molecule has 0 spiro atoms. The number of hydrogen-bond donors (Lipinski definition) is 1. The van der Waals surface area contributed by atoms with Gasteiger partial charge in [0.2, 0.25) is 0 Å². The van der Waals surface area contributed by atoms with Crippen LogP contribution in [0, 0.1) is 11.7 Å². The summed E-state index contributed by atoms with van der Waals surface area (Å²) >= 11 is 0. The van der Waals surface area contributed by atoms with Gasteiger partial charge in [0.1, 0.15) is 11.6 Å². The molecular weight excluding hydrogens is 205 g/mol. The van der Waals surface area contributed by atoms with E-state index in [-0.39, 0.29) is 11.9 Å². The van der Waals surface area contributed by atoms with Crippen molar-refractivity contribution in [1.82, 2.24) is 5.32 Å². The minimum absolute atomic E-state index is 0.138. The maximum atomic E-state index is 13.4. The Morgan fingerprint density at radius 1 is 1.44 bits per heavy atom. The third-order valence-electron chi connectivity index (χ3n) is 3.01. The molecule has 0 amide bonds. The monoisotopic (exact) mass is 223 g/mol. The average Bonchev–Trinajstić information content (AvgIpc) is 3.08. The largest absolute Gasteiger partial charge is 0.493 e. The van der Waals surface area contributed by atoms with E-state index < -0.39 is 0 Å². The lowest BCUT2D eigenvalue weighted by atomic mass is 10.1. The molecule has 0 unspecified atom stereocenters. The number of nitrogens with one attached hydrogen (secondary N) is 1. The van der Waals surface area contributed by atoms with Gasteiger partial charge in [0, 0.05) is 12.1 Å². The summed E-state index contributed by atoms with van der Waals surface area (Å²) in [5.41, 5.74) is 0.924. The van der Waals surface area contributed by atoms with Gasteiger partial charge < -0.3 is 10.1 Å². The minimum Gasteiger partial charge on any atom is -0.493 e. The van der Waals surface area contributed by atoms with E-state index in [4.69, 9.17) is 4.74 Å². The molecule has 0 aliphatic heterocycles. The van der Waals surface area contributed by atoms with Gasteiger partial charge in [0.05, 0.1) is 6.61 Å². The van der Waals surface area contributed by atoms with E-state index in [1.165, 1.54) is 18.9 Å². The molecule has 1 atom stereocenters. The smallest absolute Gasteiger partial charge is 0.127 e. The summed E-state index contributed by atoms with van der Waals surface area (Å²) in [5, 5.41) is 3.09. The maximum Gasteiger partial charge on any atom is 0.127 e. The van der Waals surface area contributed by atoms with Gasteiger partial charge in [-0.15, -0.1) is 0 Å². The van der Waals surface area contributed by atoms with Crippen molar-refractivity contribution in [3.8, 4) is 5.75 Å². The van der Waals surface area contributed by atoms with Crippen molar-refractivity contribution in [3.05, 3.63) is 29.6 Å². The third kappa shape index (κ3) is 2.95. The molecule has 2 nitrogen and oxygen atoms in total. The van der Waals surface area contributed by atoms with Crippen molar-refractivity contribution >= 4 is 0 Å². The second-order valence-corrected chi connectivity index (χ2v) is 4.49. The van der Waals surface area contributed by atoms with E-state index in [1.54, 1.807) is 6.07 Å². The Bertz CT molecular complexity index is 363. The summed E-state index contributed by atoms with van der Waals surface area (Å²) in [6, 6.07) is 5.05. The normalized spacial score (nSPS) is 17.2. The van der Waals surface area contributed by atoms with E-state index >= 15 is 0 Å². The van der Waals surface area contributed by atoms with Crippen LogP contribution in [0.5, 0.6) is 5.75 Å². The Morgan fingerprint density at radius 3 is 2.81 bits per heavy atom. The van der Waals surface area contributed by atoms with Crippen molar-refractivity contribution in [2.75, 3.05) is 13.7 Å². The Kier molecular flexibility index (Phi) is 3.44. The summed E-state index contributed by atoms with van der Waals surface area (Å²) in [6.07, 6.45) is 2.49. The molecule has 0 heterocycles. The van der Waals surface area contributed by atoms with Gasteiger partial charge in [-0.1, -0.05) is 0 Å². The van der Waals surface area contributed by atoms with E-state index in [0.29, 0.717) is 11.7 Å². The van der Waals surface area contributed by atoms with E-state index in [1.807, 2.05) is 20.0 Å². The Hall–Kier alpha value is -1.09. The molecule has 1 aromatic carbocycles. The quantitative estimate of drug-likeness (QED) is 0.828. The summed E-state index contributed by atoms with van der Waals surface area (Å²) in [5.74, 6) is 1.10. The predicted molar refractivity (Wildman–Crippen MR) is 62.1 cm³/mol. The van der Waals surface area contributed by atoms with Crippen molar-refractivity contribution < 1.29 is 9.13 Å². The number of rotatable bonds is 5. The van der Waals surface area contributed by atoms with Crippen LogP contribution in [0.3, 0.4) is 0 Å². The predicted octanol–water partition coefficient (Wildman–Crippen LogP) is 2.89. The maximum absolute atomic E-state index is 13.4. The number of ether oxygens (including phenoxy) is 1. The summed E-state index contributed by atoms with van der Waals surface area (Å²) < 4.78 is 18.9. The number of hydrogen-bond acceptors (Lipinski definition) is 2. The molecule has 1 N–H and O–H groups in total. The van der Waals surface area contributed by atoms with Gasteiger partial charge >= 0.3 is 0 Å². The lowest BCUT2D eigenvalue weighted by Gasteiger charge is -2.13. The first-order valence-electron chi connectivity index (χ1n) is 5.79. The lowest BCUT2D eigenvalue weighted by Crippen LogP contribution is -2.12. The van der Waals surface area contributed by atoms with E-state index in [0.717, 1.165) is 12.2 Å². The SMILES string of the molecule is CN[C@@H](C)c1cc(F)cc(OCC2CC2)c1. The molecule has 0 bridgehead atoms. The summed E-state index contributed by atoms with van der Waals surface area (Å²) in [4.78, 5) is 0. The molecule has 1 fully saturated rings. The Balaban J connectivity index is 2.07. The molecular formula is C13H18FNO. The summed E-state index contributed by atoms with van der Waals surface area (Å²) in [7, 11) is 1.86. The van der Waals surface area contributed by atoms with Gasteiger partial charge in [-0.3, -0.25) is 0 Å². The molecule has 1 saturated carbocycles. The molecule has 0 radical (unpaired) electrons. The first kappa shape index (κ1) is 11.4. The second kappa shape index (κ2) is 4.83. The van der Waals surface area contributed by atoms with Gasteiger partial charge in [0.15, 0.2) is 0 Å². The van der Waals surface area contributed by atoms with Crippen molar-refractivity contribution in [1.29, 1.82) is 0 Å². The van der Waals surface area contributed by atoms with Crippen LogP contribution in [-0.4, -0.2) is 13.7 Å². The highest BCUT2D eigenvalue weighted by molar-refractivity contribution is 5.31. The van der Waals surface area contributed by atoms with Crippen LogP contribution in [-0.2, 0) is 0 Å². The summed E-state index contributed by atoms with van der Waals surface area (Å²) in [6.45, 7) is 2.72. The highest BCUT2D eigenvalue weighted by Crippen LogP contribution is 2.30. The van der Waals surface area contributed by atoms with Crippen LogP contribution >= 0.6 is 0 Å². The van der Waals surface area contributed by atoms with Crippen LogP contribution in [0.2, 0.25) is 0 Å². The van der Waals surface area contributed by atoms with Crippen molar-refractivity contribution in [2.24, 2.45) is 5.92 Å². The standard InChI is InChI=1S/C13H18FNO/c1-9(15-2)11-5-12(14)7-13(6-11)16-8-10-3-4-10/h5-7,9-10,15H,3-4,8H2,1-2H3/t9-/m0/s1. The average molecular weight is 223 g/mol. The van der Waals surface area contributed by atoms with Gasteiger partial charge in [0.25, 0.3) is 0 Å². The van der Waals surface area contributed by atoms with Gasteiger partial charge in [-0.25, -0.2) is 4.39 Å².